The number of nitrogens with zero attached hydrogens (tertiary/aromatic N) is 2. The molecule has 0 aliphatic rings. The summed E-state index contributed by atoms with van der Waals surface area (Å²) < 4.78 is 0. The molecular weight excluding hydrogens is 296 g/mol. The second kappa shape index (κ2) is 7.24. The summed E-state index contributed by atoms with van der Waals surface area (Å²) in [6.45, 7) is 2.69. The van der Waals surface area contributed by atoms with Gasteiger partial charge in [0.2, 0.25) is 0 Å². The molecule has 1 aromatic rings. The van der Waals surface area contributed by atoms with Gasteiger partial charge in [0.05, 0.1) is 9.95 Å². The zero-order valence-electron chi connectivity index (χ0n) is 12.2. The van der Waals surface area contributed by atoms with Crippen LogP contribution in [0.1, 0.15) is 23.7 Å². The van der Waals surface area contributed by atoms with Crippen LogP contribution in [0.2, 0.25) is 5.02 Å². The van der Waals surface area contributed by atoms with E-state index in [2.05, 4.69) is 5.32 Å². The van der Waals surface area contributed by atoms with Crippen LogP contribution in [0, 0.1) is 10.1 Å². The van der Waals surface area contributed by atoms with Gasteiger partial charge in [-0.3, -0.25) is 14.9 Å². The first-order chi connectivity index (χ1) is 9.72. The fourth-order valence-electron chi connectivity index (χ4n) is 1.72. The normalized spacial score (nSPS) is 12.2. The molecule has 0 fully saturated rings. The predicted octanol–water partition coefficient (Wildman–Crippen LogP) is 1.90. The SMILES string of the molecule is CC(CCN(C)C)NC(=O)c1cc(Cl)c(N)c([N+](=O)[O-])c1. The minimum absolute atomic E-state index is 0.00436. The quantitative estimate of drug-likeness (QED) is 0.474. The Hall–Kier alpha value is -1.86. The molecule has 0 bridgehead atoms. The molecule has 3 N–H and O–H groups in total. The number of nitrogen functional groups attached to an aromatic ring is 1. The standard InChI is InChI=1S/C13H19ClN4O3/c1-8(4-5-17(2)3)16-13(19)9-6-10(14)12(15)11(7-9)18(20)21/h6-8H,4-5,15H2,1-3H3,(H,16,19). The highest BCUT2D eigenvalue weighted by Crippen LogP contribution is 2.30. The van der Waals surface area contributed by atoms with Gasteiger partial charge in [-0.1, -0.05) is 11.6 Å². The van der Waals surface area contributed by atoms with Gasteiger partial charge in [0.25, 0.3) is 11.6 Å². The van der Waals surface area contributed by atoms with Gasteiger partial charge < -0.3 is 16.0 Å². The van der Waals surface area contributed by atoms with E-state index >= 15 is 0 Å². The van der Waals surface area contributed by atoms with Crippen LogP contribution in [-0.2, 0) is 0 Å². The van der Waals surface area contributed by atoms with Gasteiger partial charge in [0.1, 0.15) is 5.69 Å². The van der Waals surface area contributed by atoms with E-state index < -0.39 is 10.8 Å². The van der Waals surface area contributed by atoms with Crippen LogP contribution >= 0.6 is 11.6 Å². The third kappa shape index (κ3) is 4.87. The molecule has 1 rings (SSSR count). The van der Waals surface area contributed by atoms with Crippen molar-refractivity contribution < 1.29 is 9.72 Å². The summed E-state index contributed by atoms with van der Waals surface area (Å²) in [4.78, 5) is 24.3. The fourth-order valence-corrected chi connectivity index (χ4v) is 1.93. The largest absolute Gasteiger partial charge is 0.392 e. The molecule has 0 aromatic heterocycles. The van der Waals surface area contributed by atoms with E-state index in [1.807, 2.05) is 25.9 Å². The van der Waals surface area contributed by atoms with Crippen LogP contribution in [0.4, 0.5) is 11.4 Å². The Bertz CT molecular complexity index is 548. The van der Waals surface area contributed by atoms with Gasteiger partial charge >= 0.3 is 0 Å². The molecule has 0 spiro atoms. The number of hydrogen-bond donors (Lipinski definition) is 2. The smallest absolute Gasteiger partial charge is 0.294 e. The van der Waals surface area contributed by atoms with E-state index in [-0.39, 0.29) is 28.0 Å². The number of hydrogen-bond acceptors (Lipinski definition) is 5. The van der Waals surface area contributed by atoms with E-state index in [0.29, 0.717) is 0 Å². The number of carbonyl (C=O) groups is 1. The predicted molar refractivity (Wildman–Crippen MR) is 82.6 cm³/mol. The highest BCUT2D eigenvalue weighted by atomic mass is 35.5. The molecule has 7 nitrogen and oxygen atoms in total. The zero-order valence-corrected chi connectivity index (χ0v) is 13.0. The number of nitrogens with one attached hydrogen (secondary N) is 1. The Morgan fingerprint density at radius 1 is 1.52 bits per heavy atom. The Labute approximate surface area is 128 Å². The van der Waals surface area contributed by atoms with Crippen LogP contribution < -0.4 is 11.1 Å². The minimum atomic E-state index is -0.659. The third-order valence-electron chi connectivity index (χ3n) is 2.95. The van der Waals surface area contributed by atoms with Crippen molar-refractivity contribution in [3.05, 3.63) is 32.8 Å². The van der Waals surface area contributed by atoms with Crippen molar-refractivity contribution in [3.8, 4) is 0 Å². The topological polar surface area (TPSA) is 102 Å². The maximum atomic E-state index is 12.1. The highest BCUT2D eigenvalue weighted by molar-refractivity contribution is 6.34. The summed E-state index contributed by atoms with van der Waals surface area (Å²) in [6.07, 6.45) is 0.767. The van der Waals surface area contributed by atoms with Gasteiger partial charge in [-0.05, 0) is 40.1 Å². The highest BCUT2D eigenvalue weighted by Gasteiger charge is 2.20. The van der Waals surface area contributed by atoms with Gasteiger partial charge in [-0.2, -0.15) is 0 Å². The summed E-state index contributed by atoms with van der Waals surface area (Å²) in [5.74, 6) is -0.411. The number of nitro benzene ring substituents is 1. The molecule has 1 aromatic carbocycles. The Balaban J connectivity index is 2.86. The van der Waals surface area contributed by atoms with Crippen molar-refractivity contribution in [3.63, 3.8) is 0 Å². The van der Waals surface area contributed by atoms with E-state index in [1.165, 1.54) is 6.07 Å². The van der Waals surface area contributed by atoms with Crippen molar-refractivity contribution in [2.45, 2.75) is 19.4 Å². The van der Waals surface area contributed by atoms with Gasteiger partial charge in [0.15, 0.2) is 0 Å². The van der Waals surface area contributed by atoms with Crippen LogP contribution in [0.5, 0.6) is 0 Å². The second-order valence-electron chi connectivity index (χ2n) is 5.11. The number of nitro groups is 1. The third-order valence-corrected chi connectivity index (χ3v) is 3.27. The summed E-state index contributed by atoms with van der Waals surface area (Å²) >= 11 is 5.83. The number of halogens is 1. The van der Waals surface area contributed by atoms with E-state index in [0.717, 1.165) is 19.0 Å². The van der Waals surface area contributed by atoms with Crippen molar-refractivity contribution in [2.75, 3.05) is 26.4 Å². The lowest BCUT2D eigenvalue weighted by molar-refractivity contribution is -0.383. The minimum Gasteiger partial charge on any atom is -0.392 e. The summed E-state index contributed by atoms with van der Waals surface area (Å²) in [5, 5.41) is 13.7. The van der Waals surface area contributed by atoms with E-state index in [1.54, 1.807) is 0 Å². The number of rotatable bonds is 6. The van der Waals surface area contributed by atoms with Crippen molar-refractivity contribution in [2.24, 2.45) is 0 Å². The first-order valence-corrected chi connectivity index (χ1v) is 6.79. The Morgan fingerprint density at radius 2 is 2.14 bits per heavy atom. The number of carbonyl (C=O) groups excluding carboxylic acids is 1. The van der Waals surface area contributed by atoms with Gasteiger partial charge in [-0.15, -0.1) is 0 Å². The van der Waals surface area contributed by atoms with E-state index in [9.17, 15) is 14.9 Å². The molecule has 0 aliphatic carbocycles. The number of amides is 1. The average Bonchev–Trinajstić information content (AvgIpc) is 2.38. The molecule has 1 amide bonds. The summed E-state index contributed by atoms with van der Waals surface area (Å²) in [5.41, 5.74) is 5.14. The molecule has 0 radical (unpaired) electrons. The van der Waals surface area contributed by atoms with Crippen LogP contribution in [0.25, 0.3) is 0 Å². The van der Waals surface area contributed by atoms with Crippen LogP contribution in [0.3, 0.4) is 0 Å². The molecule has 0 saturated heterocycles. The van der Waals surface area contributed by atoms with Gasteiger partial charge in [0, 0.05) is 17.7 Å². The lowest BCUT2D eigenvalue weighted by Crippen LogP contribution is -2.34. The zero-order chi connectivity index (χ0) is 16.2. The van der Waals surface area contributed by atoms with Crippen molar-refractivity contribution in [1.29, 1.82) is 0 Å². The molecule has 0 heterocycles. The molecule has 0 aliphatic heterocycles. The lowest BCUT2D eigenvalue weighted by Gasteiger charge is -2.17. The Kier molecular flexibility index (Phi) is 5.92. The van der Waals surface area contributed by atoms with Crippen LogP contribution in [0.15, 0.2) is 12.1 Å². The average molecular weight is 315 g/mol. The molecule has 1 unspecified atom stereocenters. The maximum absolute atomic E-state index is 12.1. The number of anilines is 1. The lowest BCUT2D eigenvalue weighted by atomic mass is 10.1. The number of benzene rings is 1. The molecular formula is C13H19ClN4O3. The van der Waals surface area contributed by atoms with Crippen molar-refractivity contribution in [1.82, 2.24) is 10.2 Å². The molecule has 8 heteroatoms. The van der Waals surface area contributed by atoms with Gasteiger partial charge in [-0.25, -0.2) is 0 Å². The van der Waals surface area contributed by atoms with Crippen LogP contribution in [-0.4, -0.2) is 42.4 Å². The fraction of sp³-hybridized carbons (Fsp3) is 0.462. The molecule has 21 heavy (non-hydrogen) atoms. The molecule has 0 saturated carbocycles. The molecule has 1 atom stereocenters. The summed E-state index contributed by atoms with van der Waals surface area (Å²) in [6, 6.07) is 2.41. The first kappa shape index (κ1) is 17.2. The monoisotopic (exact) mass is 314 g/mol. The van der Waals surface area contributed by atoms with E-state index in [4.69, 9.17) is 17.3 Å². The van der Waals surface area contributed by atoms with Crippen molar-refractivity contribution >= 4 is 28.9 Å². The molecule has 116 valence electrons. The maximum Gasteiger partial charge on any atom is 0.294 e. The summed E-state index contributed by atoms with van der Waals surface area (Å²) in [7, 11) is 3.88. The number of nitrogens with two attached hydrogens (primary N) is 1. The second-order valence-corrected chi connectivity index (χ2v) is 5.52. The Morgan fingerprint density at radius 3 is 2.67 bits per heavy atom. The first-order valence-electron chi connectivity index (χ1n) is 6.41.